The van der Waals surface area contributed by atoms with Gasteiger partial charge in [0, 0.05) is 23.1 Å². The fraction of sp³-hybridized carbons (Fsp3) is 0.250. The van der Waals surface area contributed by atoms with Gasteiger partial charge in [0.15, 0.2) is 11.5 Å². The molecule has 1 aliphatic heterocycles. The number of nitrogens with one attached hydrogen (secondary N) is 1. The first-order valence-corrected chi connectivity index (χ1v) is 13.8. The second-order valence-corrected chi connectivity index (χ2v) is 10.6. The predicted molar refractivity (Wildman–Crippen MR) is 151 cm³/mol. The summed E-state index contributed by atoms with van der Waals surface area (Å²) in [6, 6.07) is 13.4. The first-order valence-electron chi connectivity index (χ1n) is 12.1. The SMILES string of the molecule is CCOC(=O)N1CCc2c(sc(NC(=O)/C=C/c3ccc(OC)c(OC)c3)c2-c2nc3ccccc3s2)C1. The summed E-state index contributed by atoms with van der Waals surface area (Å²) in [5, 5.41) is 4.65. The van der Waals surface area contributed by atoms with Crippen LogP contribution >= 0.6 is 22.7 Å². The van der Waals surface area contributed by atoms with Crippen molar-refractivity contribution < 1.29 is 23.8 Å². The summed E-state index contributed by atoms with van der Waals surface area (Å²) in [7, 11) is 3.15. The number of aromatic nitrogens is 1. The van der Waals surface area contributed by atoms with Crippen LogP contribution in [0.4, 0.5) is 9.80 Å². The molecular weight excluding hydrogens is 522 g/mol. The van der Waals surface area contributed by atoms with E-state index in [2.05, 4.69) is 5.32 Å². The van der Waals surface area contributed by atoms with Crippen molar-refractivity contribution in [3.05, 3.63) is 64.5 Å². The van der Waals surface area contributed by atoms with E-state index in [0.29, 0.717) is 37.6 Å². The fourth-order valence-corrected chi connectivity index (χ4v) is 6.73. The van der Waals surface area contributed by atoms with E-state index in [0.717, 1.165) is 41.8 Å². The van der Waals surface area contributed by atoms with E-state index in [1.165, 1.54) is 17.4 Å². The lowest BCUT2D eigenvalue weighted by Gasteiger charge is -2.26. The largest absolute Gasteiger partial charge is 0.493 e. The number of para-hydroxylation sites is 1. The van der Waals surface area contributed by atoms with E-state index in [1.807, 2.05) is 36.4 Å². The molecule has 3 heterocycles. The smallest absolute Gasteiger partial charge is 0.410 e. The molecule has 4 aromatic rings. The standard InChI is InChI=1S/C28H27N3O5S2/c1-4-36-28(33)31-14-13-18-23(16-31)38-27(25(18)26-29-19-7-5-6-8-22(19)37-26)30-24(32)12-10-17-9-11-20(34-2)21(15-17)35-3/h5-12,15H,4,13-14,16H2,1-3H3,(H,30,32)/b12-10+. The van der Waals surface area contributed by atoms with Crippen LogP contribution in [-0.4, -0.2) is 49.3 Å². The van der Waals surface area contributed by atoms with Crippen LogP contribution in [0, 0.1) is 0 Å². The zero-order valence-electron chi connectivity index (χ0n) is 21.3. The molecule has 1 aliphatic rings. The second kappa shape index (κ2) is 11.2. The molecule has 0 unspecified atom stereocenters. The van der Waals surface area contributed by atoms with Gasteiger partial charge in [-0.15, -0.1) is 22.7 Å². The maximum atomic E-state index is 13.0. The van der Waals surface area contributed by atoms with Gasteiger partial charge in [-0.05, 0) is 54.8 Å². The molecule has 1 N–H and O–H groups in total. The van der Waals surface area contributed by atoms with Crippen molar-refractivity contribution in [1.82, 2.24) is 9.88 Å². The fourth-order valence-electron chi connectivity index (χ4n) is 4.35. The minimum Gasteiger partial charge on any atom is -0.493 e. The van der Waals surface area contributed by atoms with Crippen molar-refractivity contribution in [3.8, 4) is 22.1 Å². The molecule has 8 nitrogen and oxygen atoms in total. The first-order chi connectivity index (χ1) is 18.5. The predicted octanol–water partition coefficient (Wildman–Crippen LogP) is 6.21. The van der Waals surface area contributed by atoms with Crippen molar-refractivity contribution >= 4 is 56.0 Å². The summed E-state index contributed by atoms with van der Waals surface area (Å²) in [5.41, 5.74) is 3.78. The van der Waals surface area contributed by atoms with Crippen molar-refractivity contribution in [2.45, 2.75) is 19.9 Å². The van der Waals surface area contributed by atoms with Gasteiger partial charge in [-0.25, -0.2) is 9.78 Å². The van der Waals surface area contributed by atoms with Crippen LogP contribution in [-0.2, 0) is 22.5 Å². The Hall–Kier alpha value is -3.89. The number of nitrogens with zero attached hydrogens (tertiary/aromatic N) is 2. The third-order valence-corrected chi connectivity index (χ3v) is 8.35. The van der Waals surface area contributed by atoms with Gasteiger partial charge in [0.25, 0.3) is 0 Å². The number of fused-ring (bicyclic) bond motifs is 2. The minimum atomic E-state index is -0.323. The summed E-state index contributed by atoms with van der Waals surface area (Å²) >= 11 is 3.08. The van der Waals surface area contributed by atoms with Gasteiger partial charge in [0.2, 0.25) is 5.91 Å². The minimum absolute atomic E-state index is 0.261. The molecule has 0 aliphatic carbocycles. The van der Waals surface area contributed by atoms with Crippen LogP contribution < -0.4 is 14.8 Å². The van der Waals surface area contributed by atoms with Crippen LogP contribution in [0.2, 0.25) is 0 Å². The van der Waals surface area contributed by atoms with Gasteiger partial charge in [0.1, 0.15) is 10.0 Å². The number of rotatable bonds is 7. The number of thiazole rings is 1. The Labute approximate surface area is 228 Å². The molecule has 5 rings (SSSR count). The third-order valence-electron chi connectivity index (χ3n) is 6.16. The van der Waals surface area contributed by atoms with E-state index in [-0.39, 0.29) is 12.0 Å². The van der Waals surface area contributed by atoms with Crippen molar-refractivity contribution in [2.75, 3.05) is 32.7 Å². The highest BCUT2D eigenvalue weighted by molar-refractivity contribution is 7.23. The van der Waals surface area contributed by atoms with E-state index >= 15 is 0 Å². The Kier molecular flexibility index (Phi) is 7.62. The number of anilines is 1. The van der Waals surface area contributed by atoms with Crippen LogP contribution in [0.3, 0.4) is 0 Å². The van der Waals surface area contributed by atoms with Gasteiger partial charge in [-0.1, -0.05) is 18.2 Å². The highest BCUT2D eigenvalue weighted by Gasteiger charge is 2.29. The zero-order chi connectivity index (χ0) is 26.6. The quantitative estimate of drug-likeness (QED) is 0.276. The number of carbonyl (C=O) groups excluding carboxylic acids is 2. The molecule has 2 amide bonds. The van der Waals surface area contributed by atoms with Gasteiger partial charge in [-0.3, -0.25) is 4.79 Å². The van der Waals surface area contributed by atoms with Gasteiger partial charge in [0.05, 0.1) is 37.6 Å². The van der Waals surface area contributed by atoms with Gasteiger partial charge < -0.3 is 24.4 Å². The molecule has 10 heteroatoms. The van der Waals surface area contributed by atoms with Gasteiger partial charge in [-0.2, -0.15) is 0 Å². The summed E-state index contributed by atoms with van der Waals surface area (Å²) in [6.07, 6.45) is 3.56. The molecular formula is C28H27N3O5S2. The number of amides is 2. The number of methoxy groups -OCH3 is 2. The summed E-state index contributed by atoms with van der Waals surface area (Å²) < 4.78 is 16.9. The first kappa shape index (κ1) is 25.7. The van der Waals surface area contributed by atoms with E-state index in [9.17, 15) is 9.59 Å². The van der Waals surface area contributed by atoms with E-state index in [1.54, 1.807) is 49.5 Å². The Morgan fingerprint density at radius 2 is 1.92 bits per heavy atom. The molecule has 2 aromatic heterocycles. The number of benzene rings is 2. The molecule has 0 bridgehead atoms. The third kappa shape index (κ3) is 5.23. The summed E-state index contributed by atoms with van der Waals surface area (Å²) in [6.45, 7) is 3.12. The molecule has 38 heavy (non-hydrogen) atoms. The normalized spacial score (nSPS) is 13.0. The molecule has 0 fully saturated rings. The second-order valence-electron chi connectivity index (χ2n) is 8.50. The number of ether oxygens (including phenoxy) is 3. The average molecular weight is 550 g/mol. The van der Waals surface area contributed by atoms with Crippen molar-refractivity contribution in [3.63, 3.8) is 0 Å². The topological polar surface area (TPSA) is 90.0 Å². The Balaban J connectivity index is 1.45. The summed E-state index contributed by atoms with van der Waals surface area (Å²) in [4.78, 5) is 33.0. The average Bonchev–Trinajstić information content (AvgIpc) is 3.51. The number of thiophene rings is 1. The molecule has 196 valence electrons. The molecule has 0 saturated heterocycles. The van der Waals surface area contributed by atoms with Crippen LogP contribution in [0.5, 0.6) is 11.5 Å². The number of hydrogen-bond acceptors (Lipinski definition) is 8. The summed E-state index contributed by atoms with van der Waals surface area (Å²) in [5.74, 6) is 0.948. The van der Waals surface area contributed by atoms with Crippen LogP contribution in [0.25, 0.3) is 26.9 Å². The lowest BCUT2D eigenvalue weighted by Crippen LogP contribution is -2.35. The molecule has 0 atom stereocenters. The maximum Gasteiger partial charge on any atom is 0.410 e. The number of hydrogen-bond donors (Lipinski definition) is 1. The van der Waals surface area contributed by atoms with Crippen molar-refractivity contribution in [1.29, 1.82) is 0 Å². The van der Waals surface area contributed by atoms with Gasteiger partial charge >= 0.3 is 6.09 Å². The Bertz CT molecular complexity index is 1490. The highest BCUT2D eigenvalue weighted by atomic mass is 32.1. The highest BCUT2D eigenvalue weighted by Crippen LogP contribution is 2.45. The molecule has 2 aromatic carbocycles. The Morgan fingerprint density at radius 3 is 2.68 bits per heavy atom. The molecule has 0 saturated carbocycles. The number of carbonyl (C=O) groups is 2. The Morgan fingerprint density at radius 1 is 1.11 bits per heavy atom. The lowest BCUT2D eigenvalue weighted by atomic mass is 10.0. The molecule has 0 spiro atoms. The maximum absolute atomic E-state index is 13.0. The molecule has 0 radical (unpaired) electrons. The van der Waals surface area contributed by atoms with Crippen LogP contribution in [0.15, 0.2) is 48.5 Å². The monoisotopic (exact) mass is 549 g/mol. The zero-order valence-corrected chi connectivity index (χ0v) is 22.9. The lowest BCUT2D eigenvalue weighted by molar-refractivity contribution is -0.111. The van der Waals surface area contributed by atoms with E-state index < -0.39 is 0 Å². The van der Waals surface area contributed by atoms with Crippen molar-refractivity contribution in [2.24, 2.45) is 0 Å². The van der Waals surface area contributed by atoms with Crippen LogP contribution in [0.1, 0.15) is 22.9 Å². The van der Waals surface area contributed by atoms with E-state index in [4.69, 9.17) is 19.2 Å².